The van der Waals surface area contributed by atoms with Gasteiger partial charge in [-0.1, -0.05) is 18.2 Å². The van der Waals surface area contributed by atoms with E-state index in [4.69, 9.17) is 5.11 Å². The lowest BCUT2D eigenvalue weighted by Crippen LogP contribution is -2.08. The van der Waals surface area contributed by atoms with Gasteiger partial charge < -0.3 is 5.11 Å². The molecular formula is C15H11N3O2. The van der Waals surface area contributed by atoms with Crippen molar-refractivity contribution < 1.29 is 9.90 Å². The largest absolute Gasteiger partial charge is 0.465 e. The van der Waals surface area contributed by atoms with Gasteiger partial charge in [0.05, 0.1) is 0 Å². The van der Waals surface area contributed by atoms with Gasteiger partial charge in [0.1, 0.15) is 5.82 Å². The van der Waals surface area contributed by atoms with Crippen molar-refractivity contribution in [3.63, 3.8) is 0 Å². The third-order valence-electron chi connectivity index (χ3n) is 2.95. The molecule has 20 heavy (non-hydrogen) atoms. The van der Waals surface area contributed by atoms with Gasteiger partial charge in [-0.15, -0.1) is 0 Å². The van der Waals surface area contributed by atoms with E-state index in [0.717, 1.165) is 21.9 Å². The van der Waals surface area contributed by atoms with Crippen LogP contribution in [0.1, 0.15) is 0 Å². The number of pyridine rings is 2. The molecule has 2 aromatic heterocycles. The standard InChI is InChI=1S/C15H11N3O2/c19-15(20)18-14-7-11-4-3-10(6-13(11)9-17-14)12-2-1-5-16-8-12/h1-9H,(H,17,18)(H,19,20). The Bertz CT molecular complexity index is 772. The molecule has 5 heteroatoms. The maximum atomic E-state index is 10.6. The van der Waals surface area contributed by atoms with Gasteiger partial charge >= 0.3 is 6.09 Å². The fourth-order valence-electron chi connectivity index (χ4n) is 2.03. The number of nitrogens with one attached hydrogen (secondary N) is 1. The Kier molecular flexibility index (Phi) is 3.01. The maximum Gasteiger partial charge on any atom is 0.410 e. The molecule has 0 saturated carbocycles. The number of hydrogen-bond acceptors (Lipinski definition) is 3. The van der Waals surface area contributed by atoms with Crippen molar-refractivity contribution in [2.45, 2.75) is 0 Å². The number of carboxylic acid groups (broad SMARTS) is 1. The molecule has 1 amide bonds. The SMILES string of the molecule is O=C(O)Nc1cc2ccc(-c3cccnc3)cc2cn1. The number of nitrogens with zero attached hydrogens (tertiary/aromatic N) is 2. The Morgan fingerprint density at radius 1 is 1.05 bits per heavy atom. The minimum atomic E-state index is -1.12. The molecule has 2 N–H and O–H groups in total. The van der Waals surface area contributed by atoms with Gasteiger partial charge in [-0.05, 0) is 29.1 Å². The molecule has 0 spiro atoms. The van der Waals surface area contributed by atoms with E-state index in [1.807, 2.05) is 30.3 Å². The van der Waals surface area contributed by atoms with Crippen LogP contribution in [0.2, 0.25) is 0 Å². The number of amides is 1. The highest BCUT2D eigenvalue weighted by molar-refractivity contribution is 5.90. The van der Waals surface area contributed by atoms with Gasteiger partial charge in [0, 0.05) is 29.5 Å². The molecule has 5 nitrogen and oxygen atoms in total. The normalized spacial score (nSPS) is 10.4. The summed E-state index contributed by atoms with van der Waals surface area (Å²) in [6.07, 6.45) is 4.06. The Morgan fingerprint density at radius 2 is 1.95 bits per heavy atom. The van der Waals surface area contributed by atoms with Gasteiger partial charge in [-0.3, -0.25) is 10.3 Å². The number of benzene rings is 1. The summed E-state index contributed by atoms with van der Waals surface area (Å²) in [6, 6.07) is 11.5. The highest BCUT2D eigenvalue weighted by atomic mass is 16.4. The Balaban J connectivity index is 2.03. The first kappa shape index (κ1) is 12.1. The molecule has 98 valence electrons. The third-order valence-corrected chi connectivity index (χ3v) is 2.95. The van der Waals surface area contributed by atoms with Crippen LogP contribution in [-0.2, 0) is 0 Å². The first-order valence-electron chi connectivity index (χ1n) is 6.02. The van der Waals surface area contributed by atoms with Gasteiger partial charge in [-0.25, -0.2) is 9.78 Å². The van der Waals surface area contributed by atoms with Gasteiger partial charge in [-0.2, -0.15) is 0 Å². The molecule has 2 heterocycles. The summed E-state index contributed by atoms with van der Waals surface area (Å²) in [4.78, 5) is 18.8. The summed E-state index contributed by atoms with van der Waals surface area (Å²) in [7, 11) is 0. The van der Waals surface area contributed by atoms with E-state index in [0.29, 0.717) is 5.82 Å². The molecule has 0 aliphatic rings. The summed E-state index contributed by atoms with van der Waals surface area (Å²) in [6.45, 7) is 0. The highest BCUT2D eigenvalue weighted by Gasteiger charge is 2.03. The minimum Gasteiger partial charge on any atom is -0.465 e. The van der Waals surface area contributed by atoms with Crippen molar-refractivity contribution in [2.75, 3.05) is 5.32 Å². The molecule has 3 rings (SSSR count). The Morgan fingerprint density at radius 3 is 2.70 bits per heavy atom. The number of hydrogen-bond donors (Lipinski definition) is 2. The second-order valence-electron chi connectivity index (χ2n) is 4.30. The van der Waals surface area contributed by atoms with Crippen LogP contribution in [0.3, 0.4) is 0 Å². The first-order valence-corrected chi connectivity index (χ1v) is 6.02. The van der Waals surface area contributed by atoms with E-state index < -0.39 is 6.09 Å². The van der Waals surface area contributed by atoms with E-state index in [9.17, 15) is 4.79 Å². The number of fused-ring (bicyclic) bond motifs is 1. The maximum absolute atomic E-state index is 10.6. The third kappa shape index (κ3) is 2.42. The summed E-state index contributed by atoms with van der Waals surface area (Å²) < 4.78 is 0. The van der Waals surface area contributed by atoms with Crippen molar-refractivity contribution in [1.82, 2.24) is 9.97 Å². The number of rotatable bonds is 2. The molecule has 0 saturated heterocycles. The minimum absolute atomic E-state index is 0.319. The van der Waals surface area contributed by atoms with Gasteiger partial charge in [0.2, 0.25) is 0 Å². The summed E-state index contributed by atoms with van der Waals surface area (Å²) >= 11 is 0. The van der Waals surface area contributed by atoms with Crippen molar-refractivity contribution >= 4 is 22.7 Å². The fourth-order valence-corrected chi connectivity index (χ4v) is 2.03. The lowest BCUT2D eigenvalue weighted by atomic mass is 10.0. The molecule has 0 radical (unpaired) electrons. The van der Waals surface area contributed by atoms with Crippen LogP contribution in [-0.4, -0.2) is 21.2 Å². The van der Waals surface area contributed by atoms with Crippen LogP contribution in [0.4, 0.5) is 10.6 Å². The zero-order chi connectivity index (χ0) is 13.9. The number of aromatic nitrogens is 2. The predicted molar refractivity (Wildman–Crippen MR) is 76.6 cm³/mol. The van der Waals surface area contributed by atoms with Crippen molar-refractivity contribution in [3.8, 4) is 11.1 Å². The fraction of sp³-hybridized carbons (Fsp3) is 0. The smallest absolute Gasteiger partial charge is 0.410 e. The summed E-state index contributed by atoms with van der Waals surface area (Å²) in [5, 5.41) is 12.8. The van der Waals surface area contributed by atoms with Crippen LogP contribution < -0.4 is 5.32 Å². The molecular weight excluding hydrogens is 254 g/mol. The van der Waals surface area contributed by atoms with E-state index in [2.05, 4.69) is 15.3 Å². The molecule has 1 aromatic carbocycles. The zero-order valence-electron chi connectivity index (χ0n) is 10.4. The quantitative estimate of drug-likeness (QED) is 0.744. The predicted octanol–water partition coefficient (Wildman–Crippen LogP) is 3.39. The molecule has 0 atom stereocenters. The number of carbonyl (C=O) groups is 1. The zero-order valence-corrected chi connectivity index (χ0v) is 10.4. The average molecular weight is 265 g/mol. The lowest BCUT2D eigenvalue weighted by Gasteiger charge is -2.05. The van der Waals surface area contributed by atoms with Crippen LogP contribution >= 0.6 is 0 Å². The molecule has 0 aliphatic carbocycles. The van der Waals surface area contributed by atoms with E-state index >= 15 is 0 Å². The van der Waals surface area contributed by atoms with Crippen LogP contribution in [0.15, 0.2) is 55.0 Å². The summed E-state index contributed by atoms with van der Waals surface area (Å²) in [5.41, 5.74) is 2.08. The monoisotopic (exact) mass is 265 g/mol. The van der Waals surface area contributed by atoms with Crippen LogP contribution in [0, 0.1) is 0 Å². The highest BCUT2D eigenvalue weighted by Crippen LogP contribution is 2.24. The van der Waals surface area contributed by atoms with E-state index in [1.54, 1.807) is 24.7 Å². The van der Waals surface area contributed by atoms with Gasteiger partial charge in [0.25, 0.3) is 0 Å². The Labute approximate surface area is 114 Å². The number of anilines is 1. The summed E-state index contributed by atoms with van der Waals surface area (Å²) in [5.74, 6) is 0.319. The Hall–Kier alpha value is -2.95. The second kappa shape index (κ2) is 4.97. The van der Waals surface area contributed by atoms with E-state index in [-0.39, 0.29) is 0 Å². The lowest BCUT2D eigenvalue weighted by molar-refractivity contribution is 0.209. The molecule has 0 unspecified atom stereocenters. The molecule has 0 bridgehead atoms. The second-order valence-corrected chi connectivity index (χ2v) is 4.30. The first-order chi connectivity index (χ1) is 9.72. The molecule has 0 aliphatic heterocycles. The molecule has 3 aromatic rings. The van der Waals surface area contributed by atoms with Crippen molar-refractivity contribution in [3.05, 3.63) is 55.0 Å². The molecule has 0 fully saturated rings. The average Bonchev–Trinajstić information content (AvgIpc) is 2.47. The van der Waals surface area contributed by atoms with Crippen LogP contribution in [0.5, 0.6) is 0 Å². The van der Waals surface area contributed by atoms with Gasteiger partial charge in [0.15, 0.2) is 0 Å². The van der Waals surface area contributed by atoms with E-state index in [1.165, 1.54) is 0 Å². The van der Waals surface area contributed by atoms with Crippen LogP contribution in [0.25, 0.3) is 21.9 Å². The van der Waals surface area contributed by atoms with Crippen molar-refractivity contribution in [1.29, 1.82) is 0 Å². The van der Waals surface area contributed by atoms with Crippen molar-refractivity contribution in [2.24, 2.45) is 0 Å². The topological polar surface area (TPSA) is 75.1 Å².